The fourth-order valence-electron chi connectivity index (χ4n) is 2.71. The van der Waals surface area contributed by atoms with Crippen LogP contribution in [0.3, 0.4) is 0 Å². The molecule has 8 heteroatoms. The second-order valence-electron chi connectivity index (χ2n) is 6.46. The van der Waals surface area contributed by atoms with Gasteiger partial charge in [-0.2, -0.15) is 0 Å². The standard InChI is InChI=1S/C22H29N5O3/c1-4-24-21(25-13-12-16-6-5-7-18(14-16)20(28)23-2)26-15-17-8-10-19(11-9-17)27-22(29)30-3/h5-11,14H,4,12-13,15H2,1-3H3,(H,23,28)(H,27,29)(H2,24,25,26). The van der Waals surface area contributed by atoms with Crippen LogP contribution in [0.2, 0.25) is 0 Å². The Balaban J connectivity index is 1.90. The van der Waals surface area contributed by atoms with Gasteiger partial charge < -0.3 is 20.7 Å². The van der Waals surface area contributed by atoms with Gasteiger partial charge in [0.25, 0.3) is 5.91 Å². The molecule has 8 nitrogen and oxygen atoms in total. The van der Waals surface area contributed by atoms with Gasteiger partial charge in [0, 0.05) is 31.4 Å². The monoisotopic (exact) mass is 411 g/mol. The fourth-order valence-corrected chi connectivity index (χ4v) is 2.71. The molecule has 0 bridgehead atoms. The molecule has 0 aromatic heterocycles. The van der Waals surface area contributed by atoms with Crippen molar-refractivity contribution in [1.82, 2.24) is 16.0 Å². The van der Waals surface area contributed by atoms with E-state index >= 15 is 0 Å². The maximum Gasteiger partial charge on any atom is 0.411 e. The molecule has 0 saturated carbocycles. The van der Waals surface area contributed by atoms with Crippen LogP contribution < -0.4 is 21.3 Å². The summed E-state index contributed by atoms with van der Waals surface area (Å²) >= 11 is 0. The van der Waals surface area contributed by atoms with Crippen molar-refractivity contribution in [3.8, 4) is 0 Å². The number of carbonyl (C=O) groups is 2. The average molecular weight is 412 g/mol. The molecule has 0 aliphatic heterocycles. The molecule has 2 rings (SSSR count). The number of methoxy groups -OCH3 is 1. The lowest BCUT2D eigenvalue weighted by atomic mass is 10.1. The van der Waals surface area contributed by atoms with Crippen LogP contribution in [-0.2, 0) is 17.7 Å². The SMILES string of the molecule is CCNC(=NCc1ccc(NC(=O)OC)cc1)NCCc1cccc(C(=O)NC)c1. The molecule has 30 heavy (non-hydrogen) atoms. The van der Waals surface area contributed by atoms with Crippen molar-refractivity contribution in [3.63, 3.8) is 0 Å². The largest absolute Gasteiger partial charge is 0.453 e. The number of aliphatic imine (C=N–C) groups is 1. The summed E-state index contributed by atoms with van der Waals surface area (Å²) in [5.41, 5.74) is 3.41. The number of benzene rings is 2. The molecule has 0 aliphatic rings. The molecule has 2 amide bonds. The van der Waals surface area contributed by atoms with Crippen LogP contribution in [0.4, 0.5) is 10.5 Å². The van der Waals surface area contributed by atoms with Gasteiger partial charge >= 0.3 is 6.09 Å². The van der Waals surface area contributed by atoms with Crippen LogP contribution in [0, 0.1) is 0 Å². The van der Waals surface area contributed by atoms with E-state index < -0.39 is 6.09 Å². The van der Waals surface area contributed by atoms with Crippen molar-refractivity contribution in [2.45, 2.75) is 19.9 Å². The third-order valence-corrected chi connectivity index (χ3v) is 4.27. The third kappa shape index (κ3) is 7.46. The van der Waals surface area contributed by atoms with E-state index in [2.05, 4.69) is 31.0 Å². The highest BCUT2D eigenvalue weighted by atomic mass is 16.5. The van der Waals surface area contributed by atoms with E-state index in [-0.39, 0.29) is 5.91 Å². The zero-order valence-corrected chi connectivity index (χ0v) is 17.6. The molecule has 0 spiro atoms. The Morgan fingerprint density at radius 2 is 1.80 bits per heavy atom. The van der Waals surface area contributed by atoms with Gasteiger partial charge in [-0.15, -0.1) is 0 Å². The predicted molar refractivity (Wildman–Crippen MR) is 119 cm³/mol. The van der Waals surface area contributed by atoms with E-state index in [9.17, 15) is 9.59 Å². The lowest BCUT2D eigenvalue weighted by Gasteiger charge is -2.12. The molecule has 0 saturated heterocycles. The molecule has 160 valence electrons. The van der Waals surface area contributed by atoms with Crippen molar-refractivity contribution in [2.24, 2.45) is 4.99 Å². The van der Waals surface area contributed by atoms with E-state index in [1.54, 1.807) is 13.1 Å². The lowest BCUT2D eigenvalue weighted by Crippen LogP contribution is -2.38. The van der Waals surface area contributed by atoms with E-state index in [0.29, 0.717) is 24.3 Å². The summed E-state index contributed by atoms with van der Waals surface area (Å²) in [6.45, 7) is 3.95. The highest BCUT2D eigenvalue weighted by molar-refractivity contribution is 5.94. The summed E-state index contributed by atoms with van der Waals surface area (Å²) in [5, 5.41) is 11.8. The Labute approximate surface area is 177 Å². The molecule has 4 N–H and O–H groups in total. The highest BCUT2D eigenvalue weighted by Gasteiger charge is 2.04. The maximum absolute atomic E-state index is 11.8. The van der Waals surface area contributed by atoms with Gasteiger partial charge in [0.15, 0.2) is 5.96 Å². The van der Waals surface area contributed by atoms with Crippen LogP contribution in [-0.4, -0.2) is 45.2 Å². The second-order valence-corrected chi connectivity index (χ2v) is 6.46. The second kappa shape index (κ2) is 12.1. The summed E-state index contributed by atoms with van der Waals surface area (Å²) in [7, 11) is 2.95. The number of rotatable bonds is 8. The first-order valence-corrected chi connectivity index (χ1v) is 9.82. The van der Waals surface area contributed by atoms with Crippen molar-refractivity contribution >= 4 is 23.6 Å². The zero-order valence-electron chi connectivity index (χ0n) is 17.6. The van der Waals surface area contributed by atoms with E-state index in [1.165, 1.54) is 7.11 Å². The van der Waals surface area contributed by atoms with E-state index in [1.807, 2.05) is 49.4 Å². The number of carbonyl (C=O) groups excluding carboxylic acids is 2. The summed E-state index contributed by atoms with van der Waals surface area (Å²) in [5.74, 6) is 0.629. The summed E-state index contributed by atoms with van der Waals surface area (Å²) < 4.78 is 4.58. The Hall–Kier alpha value is -3.55. The van der Waals surface area contributed by atoms with Crippen molar-refractivity contribution in [2.75, 3.05) is 32.6 Å². The van der Waals surface area contributed by atoms with Gasteiger partial charge in [0.05, 0.1) is 13.7 Å². The first kappa shape index (κ1) is 22.7. The van der Waals surface area contributed by atoms with E-state index in [4.69, 9.17) is 0 Å². The highest BCUT2D eigenvalue weighted by Crippen LogP contribution is 2.11. The fraction of sp³-hybridized carbons (Fsp3) is 0.318. The van der Waals surface area contributed by atoms with Crippen molar-refractivity contribution < 1.29 is 14.3 Å². The number of anilines is 1. The normalized spacial score (nSPS) is 10.8. The summed E-state index contributed by atoms with van der Waals surface area (Å²) in [6.07, 6.45) is 0.267. The number of amides is 2. The van der Waals surface area contributed by atoms with Gasteiger partial charge in [-0.25, -0.2) is 9.79 Å². The van der Waals surface area contributed by atoms with Gasteiger partial charge in [-0.05, 0) is 48.7 Å². The minimum absolute atomic E-state index is 0.0903. The molecular formula is C22H29N5O3. The molecule has 0 radical (unpaired) electrons. The number of hydrogen-bond donors (Lipinski definition) is 4. The summed E-state index contributed by atoms with van der Waals surface area (Å²) in [6, 6.07) is 15.0. The minimum atomic E-state index is -0.500. The molecule has 0 fully saturated rings. The molecule has 2 aromatic carbocycles. The zero-order chi connectivity index (χ0) is 21.8. The van der Waals surface area contributed by atoms with Crippen LogP contribution in [0.1, 0.15) is 28.4 Å². The molecule has 0 aliphatic carbocycles. The van der Waals surface area contributed by atoms with Gasteiger partial charge in [0.2, 0.25) is 0 Å². The summed E-state index contributed by atoms with van der Waals surface area (Å²) in [4.78, 5) is 27.6. The quantitative estimate of drug-likeness (QED) is 0.395. The molecule has 0 atom stereocenters. The van der Waals surface area contributed by atoms with Gasteiger partial charge in [-0.3, -0.25) is 10.1 Å². The number of nitrogens with one attached hydrogen (secondary N) is 4. The first-order valence-electron chi connectivity index (χ1n) is 9.82. The van der Waals surface area contributed by atoms with Gasteiger partial charge in [0.1, 0.15) is 0 Å². The maximum atomic E-state index is 11.8. The average Bonchev–Trinajstić information content (AvgIpc) is 2.78. The molecule has 2 aromatic rings. The Kier molecular flexibility index (Phi) is 9.18. The first-order chi connectivity index (χ1) is 14.5. The smallest absolute Gasteiger partial charge is 0.411 e. The Bertz CT molecular complexity index is 865. The van der Waals surface area contributed by atoms with Crippen LogP contribution in [0.25, 0.3) is 0 Å². The number of ether oxygens (including phenoxy) is 1. The van der Waals surface area contributed by atoms with Crippen LogP contribution in [0.5, 0.6) is 0 Å². The Morgan fingerprint density at radius 3 is 2.47 bits per heavy atom. The molecule has 0 unspecified atom stereocenters. The Morgan fingerprint density at radius 1 is 1.03 bits per heavy atom. The topological polar surface area (TPSA) is 104 Å². The minimum Gasteiger partial charge on any atom is -0.453 e. The lowest BCUT2D eigenvalue weighted by molar-refractivity contribution is 0.0963. The number of guanidine groups is 1. The third-order valence-electron chi connectivity index (χ3n) is 4.27. The van der Waals surface area contributed by atoms with Crippen LogP contribution in [0.15, 0.2) is 53.5 Å². The molecule has 0 heterocycles. The van der Waals surface area contributed by atoms with Gasteiger partial charge in [-0.1, -0.05) is 24.3 Å². The van der Waals surface area contributed by atoms with Crippen LogP contribution >= 0.6 is 0 Å². The molecular weight excluding hydrogens is 382 g/mol. The predicted octanol–water partition coefficient (Wildman–Crippen LogP) is 2.52. The van der Waals surface area contributed by atoms with Crippen molar-refractivity contribution in [3.05, 3.63) is 65.2 Å². The number of nitrogens with zero attached hydrogens (tertiary/aromatic N) is 1. The number of hydrogen-bond acceptors (Lipinski definition) is 4. The van der Waals surface area contributed by atoms with Crippen molar-refractivity contribution in [1.29, 1.82) is 0 Å². The van der Waals surface area contributed by atoms with E-state index in [0.717, 1.165) is 30.1 Å².